The van der Waals surface area contributed by atoms with E-state index in [4.69, 9.17) is 0 Å². The van der Waals surface area contributed by atoms with Crippen LogP contribution in [-0.2, 0) is 31.2 Å². The van der Waals surface area contributed by atoms with Crippen LogP contribution in [-0.4, -0.2) is 39.2 Å². The van der Waals surface area contributed by atoms with Crippen LogP contribution in [0, 0.1) is 12.8 Å². The molecule has 0 unspecified atom stereocenters. The molecule has 24 heavy (non-hydrogen) atoms. The largest absolute Gasteiger partial charge is 0.301 e. The Bertz CT molecular complexity index is 735. The second-order valence-corrected chi connectivity index (χ2v) is 7.95. The lowest BCUT2D eigenvalue weighted by Gasteiger charge is -2.15. The molecule has 0 bridgehead atoms. The summed E-state index contributed by atoms with van der Waals surface area (Å²) in [5, 5.41) is 8.03. The van der Waals surface area contributed by atoms with Gasteiger partial charge in [0.15, 0.2) is 5.13 Å². The molecule has 0 fully saturated rings. The van der Waals surface area contributed by atoms with Crippen LogP contribution in [0.5, 0.6) is 0 Å². The molecular formula is C17H25N5OS. The molecule has 1 aliphatic rings. The van der Waals surface area contributed by atoms with E-state index in [-0.39, 0.29) is 5.91 Å². The minimum absolute atomic E-state index is 0.0156. The fourth-order valence-electron chi connectivity index (χ4n) is 3.15. The third-order valence-corrected chi connectivity index (χ3v) is 5.44. The number of thiazole rings is 1. The van der Waals surface area contributed by atoms with Crippen molar-refractivity contribution in [2.75, 3.05) is 18.9 Å². The standard InChI is InChI=1S/C17H25N5OS/c1-11-5-6-14-15(7-11)24-17(18-14)19-16(23)10-21(3)8-13-9-22(4)20-12(13)2/h9,11H,5-8,10H2,1-4H3,(H,18,19,23)/t11-/m0/s1. The average Bonchev–Trinajstić information content (AvgIpc) is 3.00. The average molecular weight is 347 g/mol. The number of nitrogens with zero attached hydrogens (tertiary/aromatic N) is 4. The molecule has 1 atom stereocenters. The number of nitrogens with one attached hydrogen (secondary N) is 1. The summed E-state index contributed by atoms with van der Waals surface area (Å²) in [6, 6.07) is 0. The molecule has 0 aliphatic heterocycles. The van der Waals surface area contributed by atoms with E-state index >= 15 is 0 Å². The lowest BCUT2D eigenvalue weighted by atomic mass is 9.93. The monoisotopic (exact) mass is 347 g/mol. The Balaban J connectivity index is 1.54. The van der Waals surface area contributed by atoms with Gasteiger partial charge >= 0.3 is 0 Å². The summed E-state index contributed by atoms with van der Waals surface area (Å²) in [5.74, 6) is 0.702. The molecule has 1 aliphatic carbocycles. The van der Waals surface area contributed by atoms with Crippen molar-refractivity contribution in [2.24, 2.45) is 13.0 Å². The van der Waals surface area contributed by atoms with E-state index in [1.54, 1.807) is 16.0 Å². The van der Waals surface area contributed by atoms with Gasteiger partial charge in [0.2, 0.25) is 5.91 Å². The van der Waals surface area contributed by atoms with Crippen LogP contribution in [0.1, 0.15) is 35.2 Å². The first-order valence-electron chi connectivity index (χ1n) is 8.37. The predicted molar refractivity (Wildman–Crippen MR) is 96.2 cm³/mol. The lowest BCUT2D eigenvalue weighted by molar-refractivity contribution is -0.117. The van der Waals surface area contributed by atoms with Crippen molar-refractivity contribution in [3.05, 3.63) is 28.0 Å². The van der Waals surface area contributed by atoms with E-state index in [0.717, 1.165) is 35.1 Å². The molecule has 2 aromatic rings. The van der Waals surface area contributed by atoms with Crippen LogP contribution in [0.3, 0.4) is 0 Å². The number of fused-ring (bicyclic) bond motifs is 1. The Hall–Kier alpha value is -1.73. The van der Waals surface area contributed by atoms with Gasteiger partial charge in [-0.2, -0.15) is 5.10 Å². The van der Waals surface area contributed by atoms with Gasteiger partial charge in [-0.1, -0.05) is 6.92 Å². The maximum Gasteiger partial charge on any atom is 0.240 e. The number of hydrogen-bond donors (Lipinski definition) is 1. The van der Waals surface area contributed by atoms with Crippen molar-refractivity contribution in [3.63, 3.8) is 0 Å². The third-order valence-electron chi connectivity index (χ3n) is 4.40. The second-order valence-electron chi connectivity index (χ2n) is 6.87. The Kier molecular flexibility index (Phi) is 5.01. The third kappa shape index (κ3) is 4.02. The van der Waals surface area contributed by atoms with Crippen LogP contribution in [0.25, 0.3) is 0 Å². The Labute approximate surface area is 146 Å². The fourth-order valence-corrected chi connectivity index (χ4v) is 4.34. The van der Waals surface area contributed by atoms with Crippen molar-refractivity contribution < 1.29 is 4.79 Å². The van der Waals surface area contributed by atoms with Gasteiger partial charge in [-0.25, -0.2) is 4.98 Å². The summed E-state index contributed by atoms with van der Waals surface area (Å²) in [7, 11) is 3.86. The van der Waals surface area contributed by atoms with Gasteiger partial charge in [0.25, 0.3) is 0 Å². The van der Waals surface area contributed by atoms with E-state index in [1.165, 1.54) is 17.0 Å². The minimum atomic E-state index is -0.0156. The molecule has 3 rings (SSSR count). The first kappa shape index (κ1) is 17.1. The van der Waals surface area contributed by atoms with Gasteiger partial charge in [0, 0.05) is 30.2 Å². The lowest BCUT2D eigenvalue weighted by Crippen LogP contribution is -2.29. The predicted octanol–water partition coefficient (Wildman–Crippen LogP) is 2.38. The normalized spacial score (nSPS) is 17.1. The number of aromatic nitrogens is 3. The van der Waals surface area contributed by atoms with Crippen LogP contribution in [0.2, 0.25) is 0 Å². The Morgan fingerprint density at radius 1 is 1.54 bits per heavy atom. The minimum Gasteiger partial charge on any atom is -0.301 e. The summed E-state index contributed by atoms with van der Waals surface area (Å²) >= 11 is 1.63. The number of carbonyl (C=O) groups is 1. The maximum absolute atomic E-state index is 12.3. The van der Waals surface area contributed by atoms with E-state index in [0.29, 0.717) is 13.1 Å². The fraction of sp³-hybridized carbons (Fsp3) is 0.588. The molecule has 0 radical (unpaired) electrons. The number of aryl methyl sites for hydroxylation is 3. The summed E-state index contributed by atoms with van der Waals surface area (Å²) in [6.45, 7) is 5.31. The summed E-state index contributed by atoms with van der Waals surface area (Å²) < 4.78 is 1.81. The molecular weight excluding hydrogens is 322 g/mol. The zero-order valence-electron chi connectivity index (χ0n) is 14.8. The van der Waals surface area contributed by atoms with Crippen molar-refractivity contribution in [1.29, 1.82) is 0 Å². The molecule has 2 aromatic heterocycles. The molecule has 0 spiro atoms. The quantitative estimate of drug-likeness (QED) is 0.902. The van der Waals surface area contributed by atoms with Crippen LogP contribution < -0.4 is 5.32 Å². The molecule has 7 heteroatoms. The number of likely N-dealkylation sites (N-methyl/N-ethyl adjacent to an activating group) is 1. The van der Waals surface area contributed by atoms with Crippen molar-refractivity contribution in [1.82, 2.24) is 19.7 Å². The zero-order valence-corrected chi connectivity index (χ0v) is 15.6. The SMILES string of the molecule is Cc1nn(C)cc1CN(C)CC(=O)Nc1nc2c(s1)C[C@@H](C)CC2. The van der Waals surface area contributed by atoms with Crippen molar-refractivity contribution >= 4 is 22.4 Å². The maximum atomic E-state index is 12.3. The van der Waals surface area contributed by atoms with Crippen molar-refractivity contribution in [2.45, 2.75) is 39.7 Å². The second kappa shape index (κ2) is 7.03. The van der Waals surface area contributed by atoms with Crippen molar-refractivity contribution in [3.8, 4) is 0 Å². The molecule has 1 N–H and O–H groups in total. The van der Waals surface area contributed by atoms with Crippen LogP contribution >= 0.6 is 11.3 Å². The highest BCUT2D eigenvalue weighted by atomic mass is 32.1. The molecule has 2 heterocycles. The number of hydrogen-bond acceptors (Lipinski definition) is 5. The number of carbonyl (C=O) groups excluding carboxylic acids is 1. The number of amides is 1. The molecule has 0 saturated heterocycles. The Morgan fingerprint density at radius 2 is 2.33 bits per heavy atom. The van der Waals surface area contributed by atoms with E-state index in [9.17, 15) is 4.79 Å². The topological polar surface area (TPSA) is 63.1 Å². The van der Waals surface area contributed by atoms with Gasteiger partial charge in [-0.15, -0.1) is 11.3 Å². The highest BCUT2D eigenvalue weighted by Gasteiger charge is 2.20. The smallest absolute Gasteiger partial charge is 0.240 e. The van der Waals surface area contributed by atoms with Gasteiger partial charge in [0.1, 0.15) is 0 Å². The van der Waals surface area contributed by atoms with E-state index in [1.807, 2.05) is 32.1 Å². The summed E-state index contributed by atoms with van der Waals surface area (Å²) in [4.78, 5) is 20.2. The van der Waals surface area contributed by atoms with Gasteiger partial charge < -0.3 is 5.32 Å². The molecule has 0 aromatic carbocycles. The van der Waals surface area contributed by atoms with E-state index < -0.39 is 0 Å². The molecule has 1 amide bonds. The van der Waals surface area contributed by atoms with Gasteiger partial charge in [-0.3, -0.25) is 14.4 Å². The first-order chi connectivity index (χ1) is 11.4. The number of anilines is 1. The molecule has 130 valence electrons. The van der Waals surface area contributed by atoms with Gasteiger partial charge in [0.05, 0.1) is 17.9 Å². The highest BCUT2D eigenvalue weighted by Crippen LogP contribution is 2.32. The highest BCUT2D eigenvalue weighted by molar-refractivity contribution is 7.15. The molecule has 0 saturated carbocycles. The molecule has 6 nitrogen and oxygen atoms in total. The summed E-state index contributed by atoms with van der Waals surface area (Å²) in [6.07, 6.45) is 5.31. The first-order valence-corrected chi connectivity index (χ1v) is 9.18. The van der Waals surface area contributed by atoms with Crippen LogP contribution in [0.4, 0.5) is 5.13 Å². The number of rotatable bonds is 5. The Morgan fingerprint density at radius 3 is 3.04 bits per heavy atom. The zero-order chi connectivity index (χ0) is 17.3. The van der Waals surface area contributed by atoms with Crippen LogP contribution in [0.15, 0.2) is 6.20 Å². The van der Waals surface area contributed by atoms with Gasteiger partial charge in [-0.05, 0) is 39.2 Å². The van der Waals surface area contributed by atoms with E-state index in [2.05, 4.69) is 22.3 Å². The summed E-state index contributed by atoms with van der Waals surface area (Å²) in [5.41, 5.74) is 3.32.